The van der Waals surface area contributed by atoms with Gasteiger partial charge in [0.05, 0.1) is 11.7 Å². The van der Waals surface area contributed by atoms with Gasteiger partial charge in [-0.15, -0.1) is 0 Å². The summed E-state index contributed by atoms with van der Waals surface area (Å²) >= 11 is 0. The highest BCUT2D eigenvalue weighted by Crippen LogP contribution is 2.61. The standard InChI is InChI=1S/C42H41N6O10P/c1-5-41(51,6-2)39(50)44-27-16-21-13-14-29-26(15-21)42-25-11-7-10-23(33(25)47-40(42)57-29)22-9-8-12-28-31(22)24(18-48(28)19-55-59(52,53)54)30-17-43-37(56-30)34-35(42)58-38(46-34)32(20(3)4)45-36(27)49/h7-15,17-18,20,27,32,40,47,51H,5-6,16,19H2,1-4H3,(H,44,50)(H,45,49)(H2,52,53,54)/t27-,32-,40?,42-/m0/s1. The summed E-state index contributed by atoms with van der Waals surface area (Å²) in [5.74, 6) is 0.276. The molecule has 2 amide bonds. The minimum absolute atomic E-state index is 0.107. The Morgan fingerprint density at radius 2 is 1.85 bits per heavy atom. The molecule has 304 valence electrons. The number of rotatable bonds is 8. The molecule has 6 aromatic rings. The summed E-state index contributed by atoms with van der Waals surface area (Å²) < 4.78 is 38.8. The number of hydrogen-bond acceptors (Lipinski definition) is 11. The van der Waals surface area contributed by atoms with Crippen molar-refractivity contribution in [3.63, 3.8) is 0 Å². The van der Waals surface area contributed by atoms with Gasteiger partial charge < -0.3 is 49.0 Å². The van der Waals surface area contributed by atoms with Crippen LogP contribution in [0.4, 0.5) is 5.69 Å². The van der Waals surface area contributed by atoms with E-state index >= 15 is 0 Å². The first kappa shape index (κ1) is 37.5. The van der Waals surface area contributed by atoms with Crippen LogP contribution >= 0.6 is 7.82 Å². The zero-order chi connectivity index (χ0) is 41.2. The number of fused-ring (bicyclic) bond motifs is 7. The van der Waals surface area contributed by atoms with Crippen LogP contribution in [0.25, 0.3) is 44.9 Å². The summed E-state index contributed by atoms with van der Waals surface area (Å²) in [5, 5.41) is 21.6. The van der Waals surface area contributed by atoms with Crippen LogP contribution < -0.4 is 20.7 Å². The number of carbonyl (C=O) groups excluding carboxylic acids is 2. The van der Waals surface area contributed by atoms with Crippen LogP contribution in [0.5, 0.6) is 5.75 Å². The van der Waals surface area contributed by atoms with Crippen LogP contribution in [-0.4, -0.2) is 59.1 Å². The minimum atomic E-state index is -4.82. The molecule has 4 aliphatic heterocycles. The molecule has 16 nitrogen and oxygen atoms in total. The topological polar surface area (TPSA) is 223 Å². The van der Waals surface area contributed by atoms with E-state index in [1.165, 1.54) is 0 Å². The number of hydrogen-bond donors (Lipinski definition) is 6. The van der Waals surface area contributed by atoms with E-state index in [0.717, 1.165) is 38.9 Å². The van der Waals surface area contributed by atoms with Gasteiger partial charge in [-0.3, -0.25) is 14.1 Å². The van der Waals surface area contributed by atoms with Crippen LogP contribution in [0.3, 0.4) is 0 Å². The van der Waals surface area contributed by atoms with Gasteiger partial charge in [0.25, 0.3) is 5.91 Å². The lowest BCUT2D eigenvalue weighted by atomic mass is 9.72. The molecule has 0 saturated carbocycles. The summed E-state index contributed by atoms with van der Waals surface area (Å²) in [4.78, 5) is 57.0. The number of amides is 2. The van der Waals surface area contributed by atoms with Crippen molar-refractivity contribution >= 4 is 36.2 Å². The molecule has 0 saturated heterocycles. The van der Waals surface area contributed by atoms with Crippen molar-refractivity contribution in [3.05, 3.63) is 95.3 Å². The van der Waals surface area contributed by atoms with Gasteiger partial charge >= 0.3 is 7.82 Å². The second-order valence-electron chi connectivity index (χ2n) is 15.9. The first-order valence-corrected chi connectivity index (χ1v) is 21.1. The van der Waals surface area contributed by atoms with Crippen LogP contribution in [0.2, 0.25) is 0 Å². The van der Waals surface area contributed by atoms with E-state index in [0.29, 0.717) is 28.4 Å². The highest BCUT2D eigenvalue weighted by molar-refractivity contribution is 7.46. The van der Waals surface area contributed by atoms with Gasteiger partial charge in [-0.25, -0.2) is 14.5 Å². The molecule has 10 bridgehead atoms. The molecule has 4 atom stereocenters. The van der Waals surface area contributed by atoms with Gasteiger partial charge in [-0.05, 0) is 42.0 Å². The van der Waals surface area contributed by atoms with Crippen molar-refractivity contribution in [2.45, 2.75) is 83.0 Å². The minimum Gasteiger partial charge on any atom is -0.469 e. The summed E-state index contributed by atoms with van der Waals surface area (Å²) in [6.45, 7) is 6.87. The van der Waals surface area contributed by atoms with E-state index in [-0.39, 0.29) is 42.7 Å². The third kappa shape index (κ3) is 5.54. The first-order valence-electron chi connectivity index (χ1n) is 19.6. The molecule has 1 spiro atoms. The predicted molar refractivity (Wildman–Crippen MR) is 213 cm³/mol. The summed E-state index contributed by atoms with van der Waals surface area (Å²) in [7, 11) is -4.82. The fourth-order valence-electron chi connectivity index (χ4n) is 9.13. The monoisotopic (exact) mass is 820 g/mol. The highest BCUT2D eigenvalue weighted by atomic mass is 31.2. The molecule has 3 aromatic carbocycles. The van der Waals surface area contributed by atoms with E-state index in [9.17, 15) is 29.0 Å². The number of oxazole rings is 2. The number of carbonyl (C=O) groups is 2. The molecule has 0 aliphatic carbocycles. The van der Waals surface area contributed by atoms with Gasteiger partial charge in [0.15, 0.2) is 23.4 Å². The normalized spacial score (nSPS) is 21.3. The van der Waals surface area contributed by atoms with Crippen molar-refractivity contribution in [1.82, 2.24) is 25.2 Å². The Morgan fingerprint density at radius 1 is 1.07 bits per heavy atom. The lowest BCUT2D eigenvalue weighted by Gasteiger charge is -2.30. The molecule has 6 N–H and O–H groups in total. The SMILES string of the molecule is CCC(O)(CC)C(=O)N[C@H]1Cc2ccc3c(c2)[C@]24c5cccc(c5NC2O3)-c2cccc3c2c(cn3COP(=O)(O)O)-c2cnc(o2)-c2nc(oc24)[C@H](C(C)C)NC1=O. The lowest BCUT2D eigenvalue weighted by Crippen LogP contribution is -2.55. The largest absolute Gasteiger partial charge is 0.471 e. The van der Waals surface area contributed by atoms with E-state index in [4.69, 9.17) is 28.1 Å². The molecule has 7 heterocycles. The maximum Gasteiger partial charge on any atom is 0.471 e. The van der Waals surface area contributed by atoms with E-state index in [1.54, 1.807) is 30.8 Å². The molecule has 4 aliphatic rings. The molecule has 0 radical (unpaired) electrons. The smallest absolute Gasteiger partial charge is 0.469 e. The van der Waals surface area contributed by atoms with Gasteiger partial charge in [0.1, 0.15) is 35.6 Å². The van der Waals surface area contributed by atoms with Crippen LogP contribution in [0.15, 0.2) is 75.8 Å². The Labute approximate surface area is 337 Å². The van der Waals surface area contributed by atoms with Crippen LogP contribution in [0.1, 0.15) is 74.9 Å². The number of nitrogens with zero attached hydrogens (tertiary/aromatic N) is 3. The summed E-state index contributed by atoms with van der Waals surface area (Å²) in [5.41, 5.74) is 3.34. The van der Waals surface area contributed by atoms with Crippen LogP contribution in [0, 0.1) is 5.92 Å². The maximum absolute atomic E-state index is 14.3. The van der Waals surface area contributed by atoms with Gasteiger partial charge in [-0.1, -0.05) is 70.2 Å². The number of benzene rings is 3. The number of phosphoric acid groups is 1. The first-order chi connectivity index (χ1) is 28.2. The predicted octanol–water partition coefficient (Wildman–Crippen LogP) is 5.88. The second kappa shape index (κ2) is 13.1. The van der Waals surface area contributed by atoms with Gasteiger partial charge in [-0.2, -0.15) is 0 Å². The second-order valence-corrected chi connectivity index (χ2v) is 17.2. The van der Waals surface area contributed by atoms with Crippen molar-refractivity contribution < 1.29 is 47.1 Å². The Morgan fingerprint density at radius 3 is 2.61 bits per heavy atom. The van der Waals surface area contributed by atoms with E-state index in [1.807, 2.05) is 68.4 Å². The van der Waals surface area contributed by atoms with Gasteiger partial charge in [0, 0.05) is 45.9 Å². The number of ether oxygens (including phenoxy) is 1. The maximum atomic E-state index is 14.3. The summed E-state index contributed by atoms with van der Waals surface area (Å²) in [6.07, 6.45) is 2.97. The molecule has 59 heavy (non-hydrogen) atoms. The Kier molecular flexibility index (Phi) is 8.34. The fraction of sp³-hybridized carbons (Fsp3) is 0.333. The molecule has 0 fully saturated rings. The number of para-hydroxylation sites is 1. The molecular weight excluding hydrogens is 779 g/mol. The third-order valence-electron chi connectivity index (χ3n) is 12.3. The van der Waals surface area contributed by atoms with Crippen molar-refractivity contribution in [2.24, 2.45) is 5.92 Å². The quantitative estimate of drug-likeness (QED) is 0.0989. The zero-order valence-corrected chi connectivity index (χ0v) is 33.4. The average Bonchev–Trinajstić information content (AvgIpc) is 4.04. The number of phosphoric ester groups is 1. The number of anilines is 1. The molecule has 17 heteroatoms. The lowest BCUT2D eigenvalue weighted by molar-refractivity contribution is -0.143. The molecule has 10 rings (SSSR count). The molecule has 1 unspecified atom stereocenters. The average molecular weight is 821 g/mol. The van der Waals surface area contributed by atoms with Crippen molar-refractivity contribution in [1.29, 1.82) is 0 Å². The Bertz CT molecular complexity index is 2780. The Balaban J connectivity index is 1.25. The number of nitrogens with one attached hydrogen (secondary N) is 3. The van der Waals surface area contributed by atoms with Crippen LogP contribution in [-0.2, 0) is 37.2 Å². The van der Waals surface area contributed by atoms with Crippen molar-refractivity contribution in [2.75, 3.05) is 5.32 Å². The van der Waals surface area contributed by atoms with E-state index in [2.05, 4.69) is 16.0 Å². The number of aromatic nitrogens is 3. The zero-order valence-electron chi connectivity index (χ0n) is 32.5. The third-order valence-corrected chi connectivity index (χ3v) is 12.7. The Hall–Kier alpha value is -5.77. The van der Waals surface area contributed by atoms with E-state index < -0.39 is 55.7 Å². The number of aliphatic hydroxyl groups is 1. The highest BCUT2D eigenvalue weighted by Gasteiger charge is 2.61. The fourth-order valence-corrected chi connectivity index (χ4v) is 9.40. The van der Waals surface area contributed by atoms with Gasteiger partial charge in [0.2, 0.25) is 17.7 Å². The van der Waals surface area contributed by atoms with Crippen molar-refractivity contribution in [3.8, 4) is 39.8 Å². The molecule has 3 aromatic heterocycles. The molecular formula is C42H41N6O10P. The summed E-state index contributed by atoms with van der Waals surface area (Å²) in [6, 6.07) is 15.5.